The third kappa shape index (κ3) is 7.35. The maximum absolute atomic E-state index is 13.1. The van der Waals surface area contributed by atoms with Crippen LogP contribution in [0.25, 0.3) is 0 Å². The van der Waals surface area contributed by atoms with E-state index in [2.05, 4.69) is 5.32 Å². The van der Waals surface area contributed by atoms with Gasteiger partial charge >= 0.3 is 5.69 Å². The highest BCUT2D eigenvalue weighted by Crippen LogP contribution is 2.30. The van der Waals surface area contributed by atoms with Crippen molar-refractivity contribution < 1.29 is 24.0 Å². The van der Waals surface area contributed by atoms with Gasteiger partial charge in [0.2, 0.25) is 11.7 Å². The molecule has 0 aliphatic rings. The normalized spacial score (nSPS) is 12.4. The zero-order valence-electron chi connectivity index (χ0n) is 19.0. The number of carbonyl (C=O) groups excluding carboxylic acids is 2. The highest BCUT2D eigenvalue weighted by Gasteiger charge is 2.27. The lowest BCUT2D eigenvalue weighted by Gasteiger charge is -2.29. The van der Waals surface area contributed by atoms with E-state index in [1.165, 1.54) is 30.2 Å². The standard InChI is InChI=1S/C23H28ClN3O6/c1-5-15(2)25-23(29)16(3)26(13-17-7-6-8-18(24)11-17)22(28)14-33-19-9-10-20(27(30)31)21(12-19)32-4/h6-12,15-16H,5,13-14H2,1-4H3,(H,25,29). The number of nitrogens with one attached hydrogen (secondary N) is 1. The zero-order chi connectivity index (χ0) is 24.5. The molecular weight excluding hydrogens is 450 g/mol. The first-order valence-electron chi connectivity index (χ1n) is 10.5. The minimum atomic E-state index is -0.763. The summed E-state index contributed by atoms with van der Waals surface area (Å²) in [6.45, 7) is 5.27. The fourth-order valence-electron chi connectivity index (χ4n) is 3.01. The Morgan fingerprint density at radius 3 is 2.55 bits per heavy atom. The third-order valence-electron chi connectivity index (χ3n) is 5.12. The van der Waals surface area contributed by atoms with Crippen LogP contribution in [-0.4, -0.2) is 47.4 Å². The highest BCUT2D eigenvalue weighted by atomic mass is 35.5. The molecular formula is C23H28ClN3O6. The van der Waals surface area contributed by atoms with E-state index in [1.807, 2.05) is 19.9 Å². The van der Waals surface area contributed by atoms with Crippen molar-refractivity contribution in [2.75, 3.05) is 13.7 Å². The summed E-state index contributed by atoms with van der Waals surface area (Å²) in [5, 5.41) is 14.5. The van der Waals surface area contributed by atoms with Crippen LogP contribution in [0.2, 0.25) is 5.02 Å². The molecule has 2 atom stereocenters. The average Bonchev–Trinajstić information content (AvgIpc) is 2.80. The van der Waals surface area contributed by atoms with E-state index in [4.69, 9.17) is 21.1 Å². The molecule has 1 N–H and O–H groups in total. The van der Waals surface area contributed by atoms with Crippen molar-refractivity contribution in [1.29, 1.82) is 0 Å². The maximum atomic E-state index is 13.1. The van der Waals surface area contributed by atoms with Crippen molar-refractivity contribution in [1.82, 2.24) is 10.2 Å². The molecule has 2 aromatic carbocycles. The average molecular weight is 478 g/mol. The second-order valence-electron chi connectivity index (χ2n) is 7.52. The summed E-state index contributed by atoms with van der Waals surface area (Å²) in [6, 6.07) is 10.2. The molecule has 2 aromatic rings. The van der Waals surface area contributed by atoms with Crippen molar-refractivity contribution in [3.05, 3.63) is 63.2 Å². The Balaban J connectivity index is 2.20. The first-order chi connectivity index (χ1) is 15.7. The molecule has 2 unspecified atom stereocenters. The lowest BCUT2D eigenvalue weighted by molar-refractivity contribution is -0.385. The number of hydrogen-bond acceptors (Lipinski definition) is 6. The van der Waals surface area contributed by atoms with Gasteiger partial charge in [-0.25, -0.2) is 0 Å². The van der Waals surface area contributed by atoms with E-state index >= 15 is 0 Å². The van der Waals surface area contributed by atoms with Gasteiger partial charge in [0.15, 0.2) is 6.61 Å². The van der Waals surface area contributed by atoms with E-state index in [0.717, 1.165) is 12.0 Å². The summed E-state index contributed by atoms with van der Waals surface area (Å²) in [4.78, 5) is 37.7. The van der Waals surface area contributed by atoms with Gasteiger partial charge in [-0.3, -0.25) is 19.7 Å². The molecule has 0 fully saturated rings. The van der Waals surface area contributed by atoms with Crippen molar-refractivity contribution in [2.24, 2.45) is 0 Å². The fourth-order valence-corrected chi connectivity index (χ4v) is 3.22. The van der Waals surface area contributed by atoms with E-state index in [9.17, 15) is 19.7 Å². The van der Waals surface area contributed by atoms with Crippen LogP contribution in [0.4, 0.5) is 5.69 Å². The van der Waals surface area contributed by atoms with Crippen LogP contribution < -0.4 is 14.8 Å². The molecule has 0 spiro atoms. The number of nitrogens with zero attached hydrogens (tertiary/aromatic N) is 2. The first kappa shape index (κ1) is 25.9. The molecule has 0 saturated heterocycles. The molecule has 2 amide bonds. The van der Waals surface area contributed by atoms with Gasteiger partial charge in [-0.2, -0.15) is 0 Å². The van der Waals surface area contributed by atoms with E-state index in [1.54, 1.807) is 25.1 Å². The summed E-state index contributed by atoms with van der Waals surface area (Å²) in [7, 11) is 1.31. The van der Waals surface area contributed by atoms with Crippen LogP contribution in [0.3, 0.4) is 0 Å². The molecule has 0 aliphatic carbocycles. The number of ether oxygens (including phenoxy) is 2. The monoisotopic (exact) mass is 477 g/mol. The summed E-state index contributed by atoms with van der Waals surface area (Å²) in [6.07, 6.45) is 0.756. The van der Waals surface area contributed by atoms with Crippen LogP contribution in [0.5, 0.6) is 11.5 Å². The van der Waals surface area contributed by atoms with Crippen LogP contribution in [0, 0.1) is 10.1 Å². The molecule has 33 heavy (non-hydrogen) atoms. The number of nitro benzene ring substituents is 1. The van der Waals surface area contributed by atoms with E-state index in [-0.39, 0.29) is 42.3 Å². The van der Waals surface area contributed by atoms with Crippen LogP contribution in [0.15, 0.2) is 42.5 Å². The molecule has 2 rings (SSSR count). The quantitative estimate of drug-likeness (QED) is 0.387. The Hall–Kier alpha value is -3.33. The van der Waals surface area contributed by atoms with Gasteiger partial charge in [0.05, 0.1) is 12.0 Å². The van der Waals surface area contributed by atoms with Gasteiger partial charge < -0.3 is 19.7 Å². The Morgan fingerprint density at radius 1 is 1.21 bits per heavy atom. The van der Waals surface area contributed by atoms with Gasteiger partial charge in [-0.1, -0.05) is 30.7 Å². The van der Waals surface area contributed by atoms with Gasteiger partial charge in [0.25, 0.3) is 5.91 Å². The molecule has 0 aromatic heterocycles. The van der Waals surface area contributed by atoms with Gasteiger partial charge in [0.1, 0.15) is 11.8 Å². The molecule has 178 valence electrons. The van der Waals surface area contributed by atoms with E-state index < -0.39 is 16.9 Å². The number of hydrogen-bond donors (Lipinski definition) is 1. The van der Waals surface area contributed by atoms with Crippen LogP contribution in [0.1, 0.15) is 32.8 Å². The fraction of sp³-hybridized carbons (Fsp3) is 0.391. The SMILES string of the molecule is CCC(C)NC(=O)C(C)N(Cc1cccc(Cl)c1)C(=O)COc1ccc([N+](=O)[O-])c(OC)c1. The topological polar surface area (TPSA) is 111 Å². The minimum Gasteiger partial charge on any atom is -0.490 e. The maximum Gasteiger partial charge on any atom is 0.311 e. The largest absolute Gasteiger partial charge is 0.490 e. The Labute approximate surface area is 197 Å². The predicted molar refractivity (Wildman–Crippen MR) is 125 cm³/mol. The Kier molecular flexibility index (Phi) is 9.47. The number of carbonyl (C=O) groups is 2. The Bertz CT molecular complexity index is 1000. The summed E-state index contributed by atoms with van der Waals surface area (Å²) in [5.74, 6) is -0.469. The number of halogens is 1. The molecule has 0 bridgehead atoms. The zero-order valence-corrected chi connectivity index (χ0v) is 19.8. The number of benzene rings is 2. The number of nitro groups is 1. The molecule has 0 aliphatic heterocycles. The van der Waals surface area contributed by atoms with E-state index in [0.29, 0.717) is 5.02 Å². The predicted octanol–water partition coefficient (Wildman–Crippen LogP) is 3.97. The number of methoxy groups -OCH3 is 1. The summed E-state index contributed by atoms with van der Waals surface area (Å²) < 4.78 is 10.6. The number of rotatable bonds is 11. The third-order valence-corrected chi connectivity index (χ3v) is 5.36. The summed E-state index contributed by atoms with van der Waals surface area (Å²) in [5.41, 5.74) is 0.546. The lowest BCUT2D eigenvalue weighted by Crippen LogP contribution is -2.50. The Morgan fingerprint density at radius 2 is 1.94 bits per heavy atom. The van der Waals surface area contributed by atoms with Crippen molar-refractivity contribution in [3.63, 3.8) is 0 Å². The smallest absolute Gasteiger partial charge is 0.311 e. The lowest BCUT2D eigenvalue weighted by atomic mass is 10.1. The minimum absolute atomic E-state index is 0.0158. The first-order valence-corrected chi connectivity index (χ1v) is 10.8. The molecule has 10 heteroatoms. The van der Waals surface area contributed by atoms with Crippen molar-refractivity contribution in [3.8, 4) is 11.5 Å². The van der Waals surface area contributed by atoms with Gasteiger partial charge in [-0.15, -0.1) is 0 Å². The molecule has 9 nitrogen and oxygen atoms in total. The number of amides is 2. The second kappa shape index (κ2) is 12.1. The van der Waals surface area contributed by atoms with Gasteiger partial charge in [0, 0.05) is 29.7 Å². The highest BCUT2D eigenvalue weighted by molar-refractivity contribution is 6.30. The summed E-state index contributed by atoms with van der Waals surface area (Å²) >= 11 is 6.08. The van der Waals surface area contributed by atoms with Crippen LogP contribution >= 0.6 is 11.6 Å². The van der Waals surface area contributed by atoms with Crippen molar-refractivity contribution in [2.45, 2.75) is 45.8 Å². The molecule has 0 saturated carbocycles. The van der Waals surface area contributed by atoms with Crippen LogP contribution in [-0.2, 0) is 16.1 Å². The van der Waals surface area contributed by atoms with Gasteiger partial charge in [-0.05, 0) is 44.0 Å². The second-order valence-corrected chi connectivity index (χ2v) is 7.96. The molecule has 0 heterocycles. The molecule has 0 radical (unpaired) electrons. The van der Waals surface area contributed by atoms with Crippen molar-refractivity contribution >= 4 is 29.1 Å².